The summed E-state index contributed by atoms with van der Waals surface area (Å²) in [6.07, 6.45) is 11.5. The fourth-order valence-corrected chi connectivity index (χ4v) is 14.1. The first kappa shape index (κ1) is 38.4. The van der Waals surface area contributed by atoms with Gasteiger partial charge in [-0.05, 0) is 127 Å². The zero-order valence-electron chi connectivity index (χ0n) is 33.7. The summed E-state index contributed by atoms with van der Waals surface area (Å²) in [4.78, 5) is 29.3. The van der Waals surface area contributed by atoms with E-state index in [9.17, 15) is 23.5 Å². The SMILES string of the molecule is CC(=O)N(C[C]1C[C@@H](C)[C@H]2[C](O1)[C@H](O)[C@@]1(C)[C]3CC[C@H]4C(C)(C)[C@@H](O[C@H]5CN(C(=O)CC6CC6)CCO5)CC[C@@]45C[C@@]35CC[C@]21C)Cc1cc(F)cc(F)c1. The van der Waals surface area contributed by atoms with Crippen molar-refractivity contribution in [1.29, 1.82) is 0 Å². The van der Waals surface area contributed by atoms with Crippen LogP contribution < -0.4 is 0 Å². The molecule has 0 bridgehead atoms. The molecule has 0 aromatic heterocycles. The molecule has 8 nitrogen and oxygen atoms in total. The number of amides is 2. The average Bonchev–Trinajstić information content (AvgIpc) is 4.04. The molecule has 1 aromatic rings. The molecule has 3 radical (unpaired) electrons. The van der Waals surface area contributed by atoms with Gasteiger partial charge in [-0.15, -0.1) is 0 Å². The van der Waals surface area contributed by atoms with Gasteiger partial charge in [-0.2, -0.15) is 0 Å². The highest BCUT2D eigenvalue weighted by molar-refractivity contribution is 5.77. The first-order chi connectivity index (χ1) is 26.0. The van der Waals surface area contributed by atoms with Crippen molar-refractivity contribution < 1.29 is 37.7 Å². The third kappa shape index (κ3) is 5.82. The van der Waals surface area contributed by atoms with E-state index in [1.54, 1.807) is 10.8 Å². The fourth-order valence-electron chi connectivity index (χ4n) is 14.1. The number of ether oxygens (including phenoxy) is 3. The maximum absolute atomic E-state index is 14.0. The van der Waals surface area contributed by atoms with Crippen LogP contribution >= 0.6 is 0 Å². The van der Waals surface area contributed by atoms with Gasteiger partial charge < -0.3 is 29.1 Å². The number of aliphatic hydroxyl groups excluding tert-OH is 1. The molecular formula is C45H61F2N2O6. The molecule has 8 fully saturated rings. The highest BCUT2D eigenvalue weighted by Crippen LogP contribution is 2.90. The Hall–Kier alpha value is -2.14. The maximum atomic E-state index is 14.0. The highest BCUT2D eigenvalue weighted by Gasteiger charge is 2.85. The quantitative estimate of drug-likeness (QED) is 0.291. The summed E-state index contributed by atoms with van der Waals surface area (Å²) < 4.78 is 47.8. The number of fused-ring (bicyclic) bond motifs is 4. The molecule has 6 saturated carbocycles. The van der Waals surface area contributed by atoms with Crippen molar-refractivity contribution in [3.05, 3.63) is 53.5 Å². The van der Waals surface area contributed by atoms with Crippen molar-refractivity contribution in [3.8, 4) is 0 Å². The van der Waals surface area contributed by atoms with E-state index in [-0.39, 0.29) is 70.8 Å². The molecule has 6 aliphatic carbocycles. The third-order valence-electron chi connectivity index (χ3n) is 17.0. The molecule has 10 heteroatoms. The molecule has 0 unspecified atom stereocenters. The van der Waals surface area contributed by atoms with Crippen molar-refractivity contribution in [3.63, 3.8) is 0 Å². The van der Waals surface area contributed by atoms with Crippen molar-refractivity contribution in [2.75, 3.05) is 26.2 Å². The maximum Gasteiger partial charge on any atom is 0.223 e. The summed E-state index contributed by atoms with van der Waals surface area (Å²) in [5.74, 6) is 1.61. The van der Waals surface area contributed by atoms with E-state index < -0.39 is 23.2 Å². The van der Waals surface area contributed by atoms with Crippen molar-refractivity contribution in [2.45, 2.75) is 137 Å². The molecule has 55 heavy (non-hydrogen) atoms. The minimum absolute atomic E-state index is 0.0585. The number of halogens is 2. The number of aliphatic hydroxyl groups is 1. The number of morpholine rings is 1. The fraction of sp³-hybridized carbons (Fsp3) is 0.756. The number of nitrogens with zero attached hydrogens (tertiary/aromatic N) is 2. The summed E-state index contributed by atoms with van der Waals surface area (Å²) >= 11 is 0. The molecule has 1 aromatic carbocycles. The summed E-state index contributed by atoms with van der Waals surface area (Å²) in [5, 5.41) is 12.6. The second-order valence-electron chi connectivity index (χ2n) is 20.1. The van der Waals surface area contributed by atoms with Gasteiger partial charge in [0.1, 0.15) is 23.8 Å². The van der Waals surface area contributed by atoms with Gasteiger partial charge >= 0.3 is 0 Å². The number of rotatable bonds is 8. The Bertz CT molecular complexity index is 1680. The predicted octanol–water partition coefficient (Wildman–Crippen LogP) is 7.78. The Kier molecular flexibility index (Phi) is 9.20. The molecule has 2 saturated heterocycles. The topological polar surface area (TPSA) is 88.5 Å². The Morgan fingerprint density at radius 1 is 1.02 bits per heavy atom. The minimum atomic E-state index is -0.758. The van der Waals surface area contributed by atoms with Crippen LogP contribution in [0.25, 0.3) is 0 Å². The normalized spacial score (nSPS) is 42.5. The van der Waals surface area contributed by atoms with Crippen molar-refractivity contribution in [2.24, 2.45) is 50.7 Å². The first-order valence-corrected chi connectivity index (χ1v) is 21.2. The molecule has 2 amide bonds. The van der Waals surface area contributed by atoms with Crippen LogP contribution in [0.2, 0.25) is 0 Å². The second kappa shape index (κ2) is 13.2. The molecule has 2 heterocycles. The molecule has 2 aliphatic heterocycles. The summed E-state index contributed by atoms with van der Waals surface area (Å²) in [6.45, 7) is 15.2. The Morgan fingerprint density at radius 2 is 1.76 bits per heavy atom. The number of carbonyl (C=O) groups excluding carboxylic acids is 2. The van der Waals surface area contributed by atoms with E-state index in [1.165, 1.54) is 38.3 Å². The lowest BCUT2D eigenvalue weighted by molar-refractivity contribution is -0.242. The monoisotopic (exact) mass is 763 g/mol. The van der Waals surface area contributed by atoms with Crippen molar-refractivity contribution >= 4 is 11.8 Å². The molecule has 301 valence electrons. The van der Waals surface area contributed by atoms with Crippen LogP contribution in [0, 0.1) is 80.5 Å². The first-order valence-electron chi connectivity index (χ1n) is 21.2. The smallest absolute Gasteiger partial charge is 0.223 e. The minimum Gasteiger partial charge on any atom is -0.389 e. The van der Waals surface area contributed by atoms with Crippen LogP contribution in [0.15, 0.2) is 18.2 Å². The predicted molar refractivity (Wildman–Crippen MR) is 201 cm³/mol. The molecular weight excluding hydrogens is 702 g/mol. The zero-order valence-corrected chi connectivity index (χ0v) is 33.7. The van der Waals surface area contributed by atoms with E-state index in [0.29, 0.717) is 49.9 Å². The van der Waals surface area contributed by atoms with E-state index in [4.69, 9.17) is 14.2 Å². The van der Waals surface area contributed by atoms with Gasteiger partial charge in [0.05, 0.1) is 31.9 Å². The van der Waals surface area contributed by atoms with Gasteiger partial charge in [0.2, 0.25) is 11.8 Å². The Labute approximate surface area is 326 Å². The lowest BCUT2D eigenvalue weighted by Crippen LogP contribution is -2.59. The van der Waals surface area contributed by atoms with E-state index >= 15 is 0 Å². The number of benzene rings is 1. The Balaban J connectivity index is 0.904. The summed E-state index contributed by atoms with van der Waals surface area (Å²) in [5.41, 5.74) is 0.0349. The second-order valence-corrected chi connectivity index (χ2v) is 20.1. The van der Waals surface area contributed by atoms with Gasteiger partial charge in [-0.3, -0.25) is 9.59 Å². The lowest BCUT2D eigenvalue weighted by atomic mass is 9.41. The molecule has 10 atom stereocenters. The third-order valence-corrected chi connectivity index (χ3v) is 17.0. The number of hydrogen-bond acceptors (Lipinski definition) is 6. The van der Waals surface area contributed by atoms with Crippen LogP contribution in [0.4, 0.5) is 8.78 Å². The average molecular weight is 764 g/mol. The van der Waals surface area contributed by atoms with Gasteiger partial charge in [0.25, 0.3) is 0 Å². The highest BCUT2D eigenvalue weighted by atomic mass is 19.1. The Morgan fingerprint density at radius 3 is 2.47 bits per heavy atom. The van der Waals surface area contributed by atoms with E-state index in [0.717, 1.165) is 56.8 Å². The van der Waals surface area contributed by atoms with E-state index in [1.807, 2.05) is 4.90 Å². The summed E-state index contributed by atoms with van der Waals surface area (Å²) in [7, 11) is 0. The van der Waals surface area contributed by atoms with Crippen LogP contribution in [0.1, 0.15) is 118 Å². The van der Waals surface area contributed by atoms with Gasteiger partial charge in [-0.25, -0.2) is 8.78 Å². The lowest BCUT2D eigenvalue weighted by Gasteiger charge is -2.63. The number of carbonyl (C=O) groups is 2. The molecule has 1 N–H and O–H groups in total. The van der Waals surface area contributed by atoms with Crippen molar-refractivity contribution in [1.82, 2.24) is 9.80 Å². The zero-order chi connectivity index (χ0) is 38.9. The van der Waals surface area contributed by atoms with Gasteiger partial charge in [0, 0.05) is 43.8 Å². The van der Waals surface area contributed by atoms with Crippen LogP contribution in [0.5, 0.6) is 0 Å². The standard InChI is InChI=1S/C45H61F2N2O6/c1-26-17-32(23-49(27(2)50)22-29-18-30(46)21-31(47)19-29)54-39-38(26)42(5)13-14-45-25-44(45)12-11-35(41(3,4)33(44)9-10-34(45)43(42,6)40(39)52)55-37-24-48(15-16-53-37)36(51)20-28-7-8-28/h18-19,21,26,28,33,35,37-38,40,52H,7-17,20,22-25H2,1-6H3/t26-,33+,35+,37+,38+,40+,42-,43-,44-,45+/m1/s1. The van der Waals surface area contributed by atoms with Crippen LogP contribution in [-0.2, 0) is 30.3 Å². The number of hydrogen-bond donors (Lipinski definition) is 1. The molecule has 9 rings (SSSR count). The van der Waals surface area contributed by atoms with E-state index in [2.05, 4.69) is 34.6 Å². The molecule has 2 spiro atoms. The van der Waals surface area contributed by atoms with Gasteiger partial charge in [0.15, 0.2) is 6.29 Å². The summed E-state index contributed by atoms with van der Waals surface area (Å²) in [6, 6.07) is 3.36. The van der Waals surface area contributed by atoms with Crippen LogP contribution in [0.3, 0.4) is 0 Å². The van der Waals surface area contributed by atoms with Crippen LogP contribution in [-0.4, -0.2) is 71.5 Å². The largest absolute Gasteiger partial charge is 0.389 e. The van der Waals surface area contributed by atoms with Gasteiger partial charge in [-0.1, -0.05) is 34.6 Å². The molecule has 8 aliphatic rings.